The van der Waals surface area contributed by atoms with Crippen molar-refractivity contribution >= 4 is 18.0 Å². The Hall–Kier alpha value is -3.07. The van der Waals surface area contributed by atoms with E-state index in [9.17, 15) is 14.4 Å². The number of ether oxygens (including phenoxy) is 1. The van der Waals surface area contributed by atoms with Gasteiger partial charge in [-0.2, -0.15) is 0 Å². The molecular formula is C27H41N5O4. The number of nitrogens with one attached hydrogen (secondary N) is 2. The summed E-state index contributed by atoms with van der Waals surface area (Å²) in [5, 5.41) is 6.02. The van der Waals surface area contributed by atoms with Crippen molar-refractivity contribution in [2.75, 3.05) is 52.4 Å². The maximum atomic E-state index is 13.4. The van der Waals surface area contributed by atoms with E-state index in [0.29, 0.717) is 50.5 Å². The van der Waals surface area contributed by atoms with Crippen molar-refractivity contribution in [2.24, 2.45) is 0 Å². The maximum absolute atomic E-state index is 13.4. The van der Waals surface area contributed by atoms with Gasteiger partial charge in [0.1, 0.15) is 0 Å². The van der Waals surface area contributed by atoms with Gasteiger partial charge in [-0.25, -0.2) is 14.4 Å². The van der Waals surface area contributed by atoms with Crippen LogP contribution in [0.3, 0.4) is 0 Å². The lowest BCUT2D eigenvalue weighted by atomic mass is 9.90. The molecule has 9 nitrogen and oxygen atoms in total. The van der Waals surface area contributed by atoms with Crippen molar-refractivity contribution in [3.63, 3.8) is 0 Å². The minimum absolute atomic E-state index is 0.0349. The van der Waals surface area contributed by atoms with E-state index in [4.69, 9.17) is 4.74 Å². The summed E-state index contributed by atoms with van der Waals surface area (Å²) in [5.41, 5.74) is 4.11. The highest BCUT2D eigenvalue weighted by Crippen LogP contribution is 2.34. The summed E-state index contributed by atoms with van der Waals surface area (Å²) in [4.78, 5) is 44.8. The summed E-state index contributed by atoms with van der Waals surface area (Å²) in [6, 6.07) is 5.22. The average molecular weight is 500 g/mol. The highest BCUT2D eigenvalue weighted by molar-refractivity contribution is 5.95. The fourth-order valence-corrected chi connectivity index (χ4v) is 4.85. The van der Waals surface area contributed by atoms with Crippen LogP contribution in [0.2, 0.25) is 0 Å². The van der Waals surface area contributed by atoms with Crippen molar-refractivity contribution in [3.8, 4) is 0 Å². The SMILES string of the molecule is CCCNC(=O)N1CCCN(CC2=C(C(=O)OCC)C(c3cc(C)ccc3C)NC(=O)N2CC)CC1. The van der Waals surface area contributed by atoms with Crippen molar-refractivity contribution in [3.05, 3.63) is 46.2 Å². The number of hydrogen-bond donors (Lipinski definition) is 2. The molecule has 2 heterocycles. The molecule has 2 aliphatic rings. The van der Waals surface area contributed by atoms with E-state index in [1.54, 1.807) is 11.8 Å². The molecule has 0 saturated carbocycles. The molecule has 0 aliphatic carbocycles. The summed E-state index contributed by atoms with van der Waals surface area (Å²) in [7, 11) is 0. The molecule has 0 radical (unpaired) electrons. The first-order valence-corrected chi connectivity index (χ1v) is 13.1. The van der Waals surface area contributed by atoms with Crippen LogP contribution in [0.4, 0.5) is 9.59 Å². The number of carbonyl (C=O) groups excluding carboxylic acids is 3. The molecule has 1 unspecified atom stereocenters. The van der Waals surface area contributed by atoms with Crippen LogP contribution in [0.5, 0.6) is 0 Å². The second-order valence-corrected chi connectivity index (χ2v) is 9.42. The third-order valence-corrected chi connectivity index (χ3v) is 6.77. The van der Waals surface area contributed by atoms with Crippen LogP contribution >= 0.6 is 0 Å². The van der Waals surface area contributed by atoms with Crippen molar-refractivity contribution in [1.29, 1.82) is 0 Å². The van der Waals surface area contributed by atoms with Crippen LogP contribution in [-0.2, 0) is 9.53 Å². The predicted octanol–water partition coefficient (Wildman–Crippen LogP) is 3.33. The first kappa shape index (κ1) is 27.5. The number of carbonyl (C=O) groups is 3. The smallest absolute Gasteiger partial charge is 0.338 e. The third-order valence-electron chi connectivity index (χ3n) is 6.77. The summed E-state index contributed by atoms with van der Waals surface area (Å²) >= 11 is 0. The number of benzene rings is 1. The van der Waals surface area contributed by atoms with Crippen LogP contribution in [0.1, 0.15) is 56.3 Å². The van der Waals surface area contributed by atoms with Gasteiger partial charge in [0.25, 0.3) is 0 Å². The lowest BCUT2D eigenvalue weighted by molar-refractivity contribution is -0.139. The number of esters is 1. The Balaban J connectivity index is 1.96. The molecule has 9 heteroatoms. The summed E-state index contributed by atoms with van der Waals surface area (Å²) in [6.07, 6.45) is 1.72. The third kappa shape index (κ3) is 6.37. The molecule has 1 aromatic carbocycles. The number of likely N-dealkylation sites (N-methyl/N-ethyl adjacent to an activating group) is 1. The number of urea groups is 2. The van der Waals surface area contributed by atoms with Gasteiger partial charge in [0.05, 0.1) is 18.2 Å². The van der Waals surface area contributed by atoms with Crippen LogP contribution < -0.4 is 10.6 Å². The number of amides is 4. The Bertz CT molecular complexity index is 992. The van der Waals surface area contributed by atoms with Gasteiger partial charge in [0, 0.05) is 51.5 Å². The van der Waals surface area contributed by atoms with E-state index >= 15 is 0 Å². The van der Waals surface area contributed by atoms with Crippen LogP contribution in [0.25, 0.3) is 0 Å². The second-order valence-electron chi connectivity index (χ2n) is 9.42. The Morgan fingerprint density at radius 3 is 2.58 bits per heavy atom. The second kappa shape index (κ2) is 12.8. The maximum Gasteiger partial charge on any atom is 0.338 e. The standard InChI is InChI=1S/C27H41N5O4/c1-6-12-28-26(34)31-14-9-13-30(15-16-31)18-22-23(25(33)36-8-3)24(29-27(35)32(22)7-2)21-17-19(4)10-11-20(21)5/h10-11,17,24H,6-9,12-16,18H2,1-5H3,(H,28,34)(H,29,35). The molecule has 0 bridgehead atoms. The quantitative estimate of drug-likeness (QED) is 0.535. The first-order valence-electron chi connectivity index (χ1n) is 13.1. The highest BCUT2D eigenvalue weighted by atomic mass is 16.5. The van der Waals surface area contributed by atoms with E-state index < -0.39 is 12.0 Å². The largest absolute Gasteiger partial charge is 0.463 e. The van der Waals surface area contributed by atoms with Gasteiger partial charge in [0.2, 0.25) is 0 Å². The van der Waals surface area contributed by atoms with Gasteiger partial charge in [-0.15, -0.1) is 0 Å². The van der Waals surface area contributed by atoms with Gasteiger partial charge in [0.15, 0.2) is 0 Å². The normalized spacial score (nSPS) is 19.1. The fraction of sp³-hybridized carbons (Fsp3) is 0.593. The zero-order valence-corrected chi connectivity index (χ0v) is 22.4. The van der Waals surface area contributed by atoms with Gasteiger partial charge >= 0.3 is 18.0 Å². The van der Waals surface area contributed by atoms with E-state index in [-0.39, 0.29) is 18.7 Å². The number of hydrogen-bond acceptors (Lipinski definition) is 5. The lowest BCUT2D eigenvalue weighted by Gasteiger charge is -2.38. The van der Waals surface area contributed by atoms with Crippen molar-refractivity contribution < 1.29 is 19.1 Å². The van der Waals surface area contributed by atoms with E-state index in [2.05, 4.69) is 15.5 Å². The predicted molar refractivity (Wildman–Crippen MR) is 140 cm³/mol. The van der Waals surface area contributed by atoms with Crippen LogP contribution in [-0.4, -0.2) is 85.2 Å². The Kier molecular flexibility index (Phi) is 9.75. The zero-order valence-electron chi connectivity index (χ0n) is 22.4. The minimum Gasteiger partial charge on any atom is -0.463 e. The number of aryl methyl sites for hydroxylation is 2. The molecule has 1 fully saturated rings. The molecule has 0 aromatic heterocycles. The molecule has 36 heavy (non-hydrogen) atoms. The molecule has 1 aromatic rings. The molecule has 2 aliphatic heterocycles. The van der Waals surface area contributed by atoms with Crippen LogP contribution in [0.15, 0.2) is 29.5 Å². The summed E-state index contributed by atoms with van der Waals surface area (Å²) in [6.45, 7) is 14.2. The summed E-state index contributed by atoms with van der Waals surface area (Å²) < 4.78 is 5.51. The topological polar surface area (TPSA) is 94.2 Å². The number of nitrogens with zero attached hydrogens (tertiary/aromatic N) is 3. The molecule has 4 amide bonds. The number of rotatable bonds is 8. The van der Waals surface area contributed by atoms with Gasteiger partial charge in [-0.05, 0) is 51.7 Å². The van der Waals surface area contributed by atoms with E-state index in [1.807, 2.05) is 50.8 Å². The molecular weight excluding hydrogens is 458 g/mol. The molecule has 1 atom stereocenters. The first-order chi connectivity index (χ1) is 17.3. The average Bonchev–Trinajstić information content (AvgIpc) is 3.09. The van der Waals surface area contributed by atoms with Gasteiger partial charge in [-0.1, -0.05) is 30.7 Å². The molecule has 3 rings (SSSR count). The minimum atomic E-state index is -0.586. The van der Waals surface area contributed by atoms with Crippen LogP contribution in [0, 0.1) is 13.8 Å². The monoisotopic (exact) mass is 499 g/mol. The zero-order chi connectivity index (χ0) is 26.2. The van der Waals surface area contributed by atoms with Crippen molar-refractivity contribution in [2.45, 2.75) is 53.5 Å². The van der Waals surface area contributed by atoms with Gasteiger partial charge in [-0.3, -0.25) is 9.80 Å². The summed E-state index contributed by atoms with van der Waals surface area (Å²) in [5.74, 6) is -0.410. The van der Waals surface area contributed by atoms with Gasteiger partial charge < -0.3 is 20.3 Å². The molecule has 1 saturated heterocycles. The van der Waals surface area contributed by atoms with Crippen molar-refractivity contribution in [1.82, 2.24) is 25.3 Å². The molecule has 0 spiro atoms. The Labute approximate surface area is 214 Å². The fourth-order valence-electron chi connectivity index (χ4n) is 4.85. The van der Waals surface area contributed by atoms with E-state index in [0.717, 1.165) is 36.1 Å². The van der Waals surface area contributed by atoms with E-state index in [1.165, 1.54) is 0 Å². The highest BCUT2D eigenvalue weighted by Gasteiger charge is 2.39. The lowest BCUT2D eigenvalue weighted by Crippen LogP contribution is -2.51. The molecule has 198 valence electrons. The Morgan fingerprint density at radius 2 is 1.89 bits per heavy atom. The molecule has 2 N–H and O–H groups in total. The Morgan fingerprint density at radius 1 is 1.11 bits per heavy atom.